The van der Waals surface area contributed by atoms with Gasteiger partial charge in [0.2, 0.25) is 5.91 Å². The van der Waals surface area contributed by atoms with Crippen molar-refractivity contribution in [1.82, 2.24) is 0 Å². The van der Waals surface area contributed by atoms with Gasteiger partial charge in [0, 0.05) is 5.57 Å². The summed E-state index contributed by atoms with van der Waals surface area (Å²) in [7, 11) is 0. The lowest BCUT2D eigenvalue weighted by atomic mass is 9.81. The Morgan fingerprint density at radius 1 is 1.29 bits per heavy atom. The van der Waals surface area contributed by atoms with E-state index in [-0.39, 0.29) is 5.91 Å². The fourth-order valence-electron chi connectivity index (χ4n) is 2.47. The lowest BCUT2D eigenvalue weighted by molar-refractivity contribution is -0.114. The minimum atomic E-state index is -0.243. The maximum absolute atomic E-state index is 11.1. The minimum Gasteiger partial charge on any atom is -0.366 e. The molecule has 0 aromatic rings. The van der Waals surface area contributed by atoms with E-state index in [9.17, 15) is 4.79 Å². The molecular weight excluding hydrogens is 174 g/mol. The monoisotopic (exact) mass is 195 g/mol. The number of hydrogen-bond acceptors (Lipinski definition) is 1. The van der Waals surface area contributed by atoms with Gasteiger partial charge in [-0.05, 0) is 32.1 Å². The summed E-state index contributed by atoms with van der Waals surface area (Å²) >= 11 is 0. The summed E-state index contributed by atoms with van der Waals surface area (Å²) in [6.45, 7) is 3.99. The average Bonchev–Trinajstić information content (AvgIpc) is 2.20. The second-order valence-corrected chi connectivity index (χ2v) is 4.20. The summed E-state index contributed by atoms with van der Waals surface area (Å²) in [5.74, 6) is 0.383. The molecular formula is C12H21NO. The summed E-state index contributed by atoms with van der Waals surface area (Å²) in [5, 5.41) is 0. The van der Waals surface area contributed by atoms with E-state index in [0.29, 0.717) is 5.92 Å². The van der Waals surface area contributed by atoms with Crippen LogP contribution in [0.4, 0.5) is 0 Å². The molecule has 14 heavy (non-hydrogen) atoms. The molecule has 0 spiro atoms. The molecule has 2 N–H and O–H groups in total. The van der Waals surface area contributed by atoms with Crippen LogP contribution in [0.2, 0.25) is 0 Å². The third-order valence-electron chi connectivity index (χ3n) is 3.33. The summed E-state index contributed by atoms with van der Waals surface area (Å²) in [5.41, 5.74) is 7.43. The fraction of sp³-hybridized carbons (Fsp3) is 0.750. The van der Waals surface area contributed by atoms with Gasteiger partial charge in [0.15, 0.2) is 0 Å². The summed E-state index contributed by atoms with van der Waals surface area (Å²) in [4.78, 5) is 11.1. The molecule has 1 fully saturated rings. The maximum atomic E-state index is 11.1. The molecule has 0 unspecified atom stereocenters. The van der Waals surface area contributed by atoms with Crippen LogP contribution in [0.1, 0.15) is 52.4 Å². The Hall–Kier alpha value is -0.790. The van der Waals surface area contributed by atoms with E-state index in [2.05, 4.69) is 6.92 Å². The lowest BCUT2D eigenvalue weighted by Gasteiger charge is -2.25. The van der Waals surface area contributed by atoms with Gasteiger partial charge in [-0.3, -0.25) is 4.79 Å². The second-order valence-electron chi connectivity index (χ2n) is 4.20. The molecule has 1 rings (SSSR count). The van der Waals surface area contributed by atoms with Crippen LogP contribution in [-0.4, -0.2) is 5.91 Å². The number of carbonyl (C=O) groups is 1. The van der Waals surface area contributed by atoms with Gasteiger partial charge in [-0.1, -0.05) is 31.8 Å². The predicted molar refractivity (Wildman–Crippen MR) is 58.8 cm³/mol. The number of amides is 1. The maximum Gasteiger partial charge on any atom is 0.244 e. The van der Waals surface area contributed by atoms with E-state index < -0.39 is 0 Å². The van der Waals surface area contributed by atoms with Gasteiger partial charge in [0.25, 0.3) is 0 Å². The smallest absolute Gasteiger partial charge is 0.244 e. The highest BCUT2D eigenvalue weighted by molar-refractivity contribution is 5.92. The van der Waals surface area contributed by atoms with Crippen LogP contribution in [0.3, 0.4) is 0 Å². The molecule has 1 amide bonds. The van der Waals surface area contributed by atoms with Crippen molar-refractivity contribution in [2.75, 3.05) is 0 Å². The average molecular weight is 195 g/mol. The van der Waals surface area contributed by atoms with Crippen molar-refractivity contribution < 1.29 is 4.79 Å². The summed E-state index contributed by atoms with van der Waals surface area (Å²) in [6, 6.07) is 0. The largest absolute Gasteiger partial charge is 0.366 e. The molecule has 0 saturated heterocycles. The fourth-order valence-corrected chi connectivity index (χ4v) is 2.47. The zero-order chi connectivity index (χ0) is 10.6. The minimum absolute atomic E-state index is 0.243. The highest BCUT2D eigenvalue weighted by atomic mass is 16.1. The van der Waals surface area contributed by atoms with Crippen LogP contribution in [0.15, 0.2) is 11.1 Å². The molecule has 0 radical (unpaired) electrons. The molecule has 0 aromatic carbocycles. The third kappa shape index (κ3) is 2.60. The second kappa shape index (κ2) is 5.18. The van der Waals surface area contributed by atoms with Crippen LogP contribution in [0.5, 0.6) is 0 Å². The van der Waals surface area contributed by atoms with Gasteiger partial charge in [0.05, 0.1) is 0 Å². The van der Waals surface area contributed by atoms with E-state index in [1.165, 1.54) is 37.7 Å². The van der Waals surface area contributed by atoms with Gasteiger partial charge in [-0.2, -0.15) is 0 Å². The SMILES string of the molecule is CC/C(=C(/C)C(N)=O)C1CCCCC1. The van der Waals surface area contributed by atoms with E-state index in [1.54, 1.807) is 0 Å². The molecule has 1 aliphatic rings. The van der Waals surface area contributed by atoms with Gasteiger partial charge < -0.3 is 5.73 Å². The number of allylic oxidation sites excluding steroid dienone is 1. The number of nitrogens with two attached hydrogens (primary N) is 1. The van der Waals surface area contributed by atoms with E-state index in [4.69, 9.17) is 5.73 Å². The standard InChI is InChI=1S/C12H21NO/c1-3-11(9(2)12(13)14)10-7-5-4-6-8-10/h10H,3-8H2,1-2H3,(H2,13,14)/b11-9+. The highest BCUT2D eigenvalue weighted by Crippen LogP contribution is 2.32. The molecule has 2 nitrogen and oxygen atoms in total. The van der Waals surface area contributed by atoms with E-state index in [1.807, 2.05) is 6.92 Å². The molecule has 1 saturated carbocycles. The van der Waals surface area contributed by atoms with Crippen molar-refractivity contribution in [2.24, 2.45) is 11.7 Å². The zero-order valence-electron chi connectivity index (χ0n) is 9.31. The van der Waals surface area contributed by atoms with Gasteiger partial charge in [-0.25, -0.2) is 0 Å². The van der Waals surface area contributed by atoms with Crippen LogP contribution in [0, 0.1) is 5.92 Å². The Balaban J connectivity index is 2.78. The number of carbonyl (C=O) groups excluding carboxylic acids is 1. The van der Waals surface area contributed by atoms with Gasteiger partial charge in [0.1, 0.15) is 0 Å². The topological polar surface area (TPSA) is 43.1 Å². The highest BCUT2D eigenvalue weighted by Gasteiger charge is 2.19. The van der Waals surface area contributed by atoms with E-state index in [0.717, 1.165) is 12.0 Å². The molecule has 0 aliphatic heterocycles. The van der Waals surface area contributed by atoms with Crippen molar-refractivity contribution in [1.29, 1.82) is 0 Å². The third-order valence-corrected chi connectivity index (χ3v) is 3.33. The van der Waals surface area contributed by atoms with Crippen molar-refractivity contribution in [2.45, 2.75) is 52.4 Å². The summed E-state index contributed by atoms with van der Waals surface area (Å²) < 4.78 is 0. The normalized spacial score (nSPS) is 20.4. The van der Waals surface area contributed by atoms with Crippen molar-refractivity contribution >= 4 is 5.91 Å². The lowest BCUT2D eigenvalue weighted by Crippen LogP contribution is -2.18. The first-order valence-electron chi connectivity index (χ1n) is 5.66. The first-order valence-corrected chi connectivity index (χ1v) is 5.66. The molecule has 0 aromatic heterocycles. The Morgan fingerprint density at radius 3 is 2.29 bits per heavy atom. The summed E-state index contributed by atoms with van der Waals surface area (Å²) in [6.07, 6.45) is 7.42. The molecule has 0 heterocycles. The van der Waals surface area contributed by atoms with Crippen LogP contribution in [-0.2, 0) is 4.79 Å². The van der Waals surface area contributed by atoms with Crippen molar-refractivity contribution in [3.63, 3.8) is 0 Å². The molecule has 0 bridgehead atoms. The van der Waals surface area contributed by atoms with Gasteiger partial charge >= 0.3 is 0 Å². The van der Waals surface area contributed by atoms with Crippen LogP contribution in [0.25, 0.3) is 0 Å². The first-order chi connectivity index (χ1) is 6.66. The number of hydrogen-bond donors (Lipinski definition) is 1. The Labute approximate surface area is 86.6 Å². The van der Waals surface area contributed by atoms with Crippen LogP contribution >= 0.6 is 0 Å². The quantitative estimate of drug-likeness (QED) is 0.691. The van der Waals surface area contributed by atoms with Crippen molar-refractivity contribution in [3.05, 3.63) is 11.1 Å². The molecule has 0 atom stereocenters. The molecule has 1 aliphatic carbocycles. The van der Waals surface area contributed by atoms with E-state index >= 15 is 0 Å². The number of rotatable bonds is 3. The van der Waals surface area contributed by atoms with Crippen molar-refractivity contribution in [3.8, 4) is 0 Å². The van der Waals surface area contributed by atoms with Crippen LogP contribution < -0.4 is 5.73 Å². The van der Waals surface area contributed by atoms with Gasteiger partial charge in [-0.15, -0.1) is 0 Å². The predicted octanol–water partition coefficient (Wildman–Crippen LogP) is 2.78. The molecule has 2 heteroatoms. The Bertz CT molecular complexity index is 237. The Kier molecular flexibility index (Phi) is 4.18. The molecule has 80 valence electrons. The zero-order valence-corrected chi connectivity index (χ0v) is 9.31. The number of primary amides is 1. The Morgan fingerprint density at radius 2 is 1.86 bits per heavy atom. The first kappa shape index (κ1) is 11.3.